The Bertz CT molecular complexity index is 193. The molecule has 0 amide bonds. The van der Waals surface area contributed by atoms with E-state index >= 15 is 0 Å². The van der Waals surface area contributed by atoms with Crippen LogP contribution >= 0.6 is 0 Å². The lowest BCUT2D eigenvalue weighted by Crippen LogP contribution is -2.33. The monoisotopic (exact) mass is 202 g/mol. The topological polar surface area (TPSA) is 55.8 Å². The van der Waals surface area contributed by atoms with Crippen molar-refractivity contribution in [1.29, 1.82) is 0 Å². The van der Waals surface area contributed by atoms with Crippen LogP contribution in [0.5, 0.6) is 0 Å². The Morgan fingerprint density at radius 1 is 1.57 bits per heavy atom. The minimum absolute atomic E-state index is 0.0752. The zero-order valence-electron chi connectivity index (χ0n) is 8.95. The van der Waals surface area contributed by atoms with Crippen molar-refractivity contribution >= 4 is 6.16 Å². The molecular formula is C10H18O4. The van der Waals surface area contributed by atoms with E-state index in [0.717, 1.165) is 0 Å². The largest absolute Gasteiger partial charge is 0.508 e. The Balaban J connectivity index is 3.97. The van der Waals surface area contributed by atoms with Crippen molar-refractivity contribution in [2.45, 2.75) is 26.4 Å². The third-order valence-corrected chi connectivity index (χ3v) is 1.83. The van der Waals surface area contributed by atoms with Gasteiger partial charge in [0.15, 0.2) is 0 Å². The lowest BCUT2D eigenvalue weighted by atomic mass is 9.92. The summed E-state index contributed by atoms with van der Waals surface area (Å²) in [5, 5.41) is 9.62. The summed E-state index contributed by atoms with van der Waals surface area (Å²) in [6, 6.07) is 0. The van der Waals surface area contributed by atoms with Crippen LogP contribution < -0.4 is 0 Å². The van der Waals surface area contributed by atoms with Crippen LogP contribution in [-0.2, 0) is 9.47 Å². The number of aliphatic hydroxyl groups is 1. The molecule has 0 spiro atoms. The molecule has 0 aromatic heterocycles. The second-order valence-corrected chi connectivity index (χ2v) is 3.49. The first-order chi connectivity index (χ1) is 6.41. The maximum atomic E-state index is 10.8. The molecule has 14 heavy (non-hydrogen) atoms. The van der Waals surface area contributed by atoms with Gasteiger partial charge >= 0.3 is 6.16 Å². The third-order valence-electron chi connectivity index (χ3n) is 1.83. The Kier molecular flexibility index (Phi) is 5.23. The summed E-state index contributed by atoms with van der Waals surface area (Å²) in [4.78, 5) is 10.8. The molecule has 0 unspecified atom stereocenters. The lowest BCUT2D eigenvalue weighted by molar-refractivity contribution is -0.00816. The quantitative estimate of drug-likeness (QED) is 0.545. The highest BCUT2D eigenvalue weighted by molar-refractivity contribution is 5.59. The molecule has 0 radical (unpaired) electrons. The lowest BCUT2D eigenvalue weighted by Gasteiger charge is -2.25. The first-order valence-electron chi connectivity index (χ1n) is 4.56. The molecule has 1 atom stereocenters. The van der Waals surface area contributed by atoms with E-state index in [1.54, 1.807) is 26.8 Å². The van der Waals surface area contributed by atoms with Gasteiger partial charge in [0.1, 0.15) is 6.61 Å². The normalized spacial score (nSPS) is 13.1. The van der Waals surface area contributed by atoms with E-state index in [1.165, 1.54) is 0 Å². The van der Waals surface area contributed by atoms with Crippen LogP contribution in [0.3, 0.4) is 0 Å². The van der Waals surface area contributed by atoms with E-state index < -0.39 is 11.8 Å². The van der Waals surface area contributed by atoms with E-state index in [-0.39, 0.29) is 19.1 Å². The standard InChI is InChI=1S/C10H18O4/c1-5-8(10(3,4)12)7-14-9(11)13-6-2/h5,8,12H,1,6-7H2,2-4H3/t8-/m0/s1. The van der Waals surface area contributed by atoms with Crippen LogP contribution in [-0.4, -0.2) is 30.1 Å². The third kappa shape index (κ3) is 4.87. The summed E-state index contributed by atoms with van der Waals surface area (Å²) in [5.41, 5.74) is -0.950. The van der Waals surface area contributed by atoms with Gasteiger partial charge in [0.05, 0.1) is 12.2 Å². The van der Waals surface area contributed by atoms with Crippen LogP contribution in [0.4, 0.5) is 4.79 Å². The summed E-state index contributed by atoms with van der Waals surface area (Å²) in [7, 11) is 0. The molecule has 0 rings (SSSR count). The highest BCUT2D eigenvalue weighted by atomic mass is 16.7. The molecule has 0 aliphatic carbocycles. The zero-order valence-corrected chi connectivity index (χ0v) is 8.95. The highest BCUT2D eigenvalue weighted by Gasteiger charge is 2.25. The minimum atomic E-state index is -0.950. The van der Waals surface area contributed by atoms with Gasteiger partial charge in [0.2, 0.25) is 0 Å². The van der Waals surface area contributed by atoms with Gasteiger partial charge in [0.25, 0.3) is 0 Å². The number of rotatable bonds is 5. The Labute approximate surface area is 84.5 Å². The number of ether oxygens (including phenoxy) is 2. The van der Waals surface area contributed by atoms with Gasteiger partial charge in [-0.1, -0.05) is 6.08 Å². The van der Waals surface area contributed by atoms with Crippen LogP contribution in [0.25, 0.3) is 0 Å². The first-order valence-corrected chi connectivity index (χ1v) is 4.56. The summed E-state index contributed by atoms with van der Waals surface area (Å²) in [6.45, 7) is 8.87. The van der Waals surface area contributed by atoms with Gasteiger partial charge in [0, 0.05) is 5.92 Å². The second-order valence-electron chi connectivity index (χ2n) is 3.49. The first kappa shape index (κ1) is 13.0. The fourth-order valence-electron chi connectivity index (χ4n) is 0.878. The predicted octanol–water partition coefficient (Wildman–Crippen LogP) is 1.73. The van der Waals surface area contributed by atoms with E-state index in [9.17, 15) is 9.90 Å². The number of carbonyl (C=O) groups is 1. The molecule has 0 aromatic rings. The average Bonchev–Trinajstić information content (AvgIpc) is 2.03. The summed E-state index contributed by atoms with van der Waals surface area (Å²) in [6.07, 6.45) is 0.836. The summed E-state index contributed by atoms with van der Waals surface area (Å²) >= 11 is 0. The summed E-state index contributed by atoms with van der Waals surface area (Å²) in [5.74, 6) is -0.299. The molecule has 0 fully saturated rings. The maximum Gasteiger partial charge on any atom is 0.508 e. The van der Waals surface area contributed by atoms with Crippen molar-refractivity contribution in [2.24, 2.45) is 5.92 Å². The van der Waals surface area contributed by atoms with Gasteiger partial charge in [-0.15, -0.1) is 6.58 Å². The van der Waals surface area contributed by atoms with E-state index in [0.29, 0.717) is 0 Å². The molecule has 0 aliphatic rings. The smallest absolute Gasteiger partial charge is 0.435 e. The number of hydrogen-bond acceptors (Lipinski definition) is 4. The highest BCUT2D eigenvalue weighted by Crippen LogP contribution is 2.17. The van der Waals surface area contributed by atoms with Crippen molar-refractivity contribution in [2.75, 3.05) is 13.2 Å². The fraction of sp³-hybridized carbons (Fsp3) is 0.700. The van der Waals surface area contributed by atoms with Gasteiger partial charge < -0.3 is 14.6 Å². The Morgan fingerprint density at radius 2 is 2.14 bits per heavy atom. The molecule has 1 N–H and O–H groups in total. The van der Waals surface area contributed by atoms with Crippen molar-refractivity contribution in [3.05, 3.63) is 12.7 Å². The SMILES string of the molecule is C=C[C@@H](COC(=O)OCC)C(C)(C)O. The molecule has 4 heteroatoms. The minimum Gasteiger partial charge on any atom is -0.435 e. The van der Waals surface area contributed by atoms with Crippen LogP contribution in [0, 0.1) is 5.92 Å². The zero-order chi connectivity index (χ0) is 11.2. The van der Waals surface area contributed by atoms with Gasteiger partial charge in [-0.25, -0.2) is 4.79 Å². The van der Waals surface area contributed by atoms with Crippen LogP contribution in [0.15, 0.2) is 12.7 Å². The van der Waals surface area contributed by atoms with E-state index in [1.807, 2.05) is 0 Å². The van der Waals surface area contributed by atoms with Gasteiger partial charge in [-0.2, -0.15) is 0 Å². The Morgan fingerprint density at radius 3 is 2.50 bits per heavy atom. The maximum absolute atomic E-state index is 10.8. The number of carbonyl (C=O) groups excluding carboxylic acids is 1. The van der Waals surface area contributed by atoms with E-state index in [4.69, 9.17) is 4.74 Å². The summed E-state index contributed by atoms with van der Waals surface area (Å²) < 4.78 is 9.34. The van der Waals surface area contributed by atoms with E-state index in [2.05, 4.69) is 11.3 Å². The van der Waals surface area contributed by atoms with Crippen LogP contribution in [0.1, 0.15) is 20.8 Å². The molecule has 4 nitrogen and oxygen atoms in total. The van der Waals surface area contributed by atoms with Crippen LogP contribution in [0.2, 0.25) is 0 Å². The van der Waals surface area contributed by atoms with Crippen molar-refractivity contribution in [3.8, 4) is 0 Å². The van der Waals surface area contributed by atoms with Gasteiger partial charge in [-0.05, 0) is 20.8 Å². The van der Waals surface area contributed by atoms with Gasteiger partial charge in [-0.3, -0.25) is 0 Å². The van der Waals surface area contributed by atoms with Crippen molar-refractivity contribution in [3.63, 3.8) is 0 Å². The molecule has 0 heterocycles. The molecular weight excluding hydrogens is 184 g/mol. The predicted molar refractivity (Wildman–Crippen MR) is 53.0 cm³/mol. The second kappa shape index (κ2) is 5.65. The van der Waals surface area contributed by atoms with Crippen molar-refractivity contribution in [1.82, 2.24) is 0 Å². The Hall–Kier alpha value is -1.03. The molecule has 82 valence electrons. The fourth-order valence-corrected chi connectivity index (χ4v) is 0.878. The molecule has 0 bridgehead atoms. The molecule has 0 saturated carbocycles. The van der Waals surface area contributed by atoms with Crippen molar-refractivity contribution < 1.29 is 19.4 Å². The molecule has 0 aromatic carbocycles. The number of hydrogen-bond donors (Lipinski definition) is 1. The molecule has 0 saturated heterocycles. The molecule has 0 aliphatic heterocycles. The average molecular weight is 202 g/mol.